The maximum Gasteiger partial charge on any atom is 0.343 e. The summed E-state index contributed by atoms with van der Waals surface area (Å²) in [5, 5.41) is 10.6. The van der Waals surface area contributed by atoms with Crippen LogP contribution in [0.4, 0.5) is 0 Å². The molecular formula is C56H61BrO6P2+2. The van der Waals surface area contributed by atoms with Crippen LogP contribution >= 0.6 is 31.5 Å². The molecule has 0 saturated heterocycles. The normalized spacial score (nSPS) is 14.3. The Kier molecular flexibility index (Phi) is 18.8. The van der Waals surface area contributed by atoms with E-state index >= 15 is 0 Å². The van der Waals surface area contributed by atoms with E-state index in [0.29, 0.717) is 0 Å². The molecule has 0 radical (unpaired) electrons. The highest BCUT2D eigenvalue weighted by Crippen LogP contribution is 2.67. The molecule has 0 amide bonds. The Balaban J connectivity index is 0.000000212. The van der Waals surface area contributed by atoms with Crippen LogP contribution in [0.1, 0.15) is 64.2 Å². The number of carbonyl (C=O) groups excluding carboxylic acids is 2. The van der Waals surface area contributed by atoms with Crippen LogP contribution in [-0.2, 0) is 28.5 Å². The fourth-order valence-electron chi connectivity index (χ4n) is 9.25. The average molecular weight is 972 g/mol. The van der Waals surface area contributed by atoms with Gasteiger partial charge in [0.25, 0.3) is 0 Å². The molecule has 0 aliphatic heterocycles. The zero-order valence-corrected chi connectivity index (χ0v) is 41.1. The van der Waals surface area contributed by atoms with E-state index in [1.165, 1.54) is 56.7 Å². The number of carbonyl (C=O) groups is 2. The third kappa shape index (κ3) is 11.4. The molecule has 6 nitrogen and oxygen atoms in total. The molecule has 336 valence electrons. The summed E-state index contributed by atoms with van der Waals surface area (Å²) >= 11 is 0. The minimum absolute atomic E-state index is 0. The number of esters is 2. The number of methoxy groups -OCH3 is 2. The highest BCUT2D eigenvalue weighted by molar-refractivity contribution is 8.93. The molecule has 0 atom stereocenters. The van der Waals surface area contributed by atoms with Crippen LogP contribution in [-0.4, -0.2) is 39.4 Å². The number of hydrogen-bond donors (Lipinski definition) is 0. The molecule has 0 N–H and O–H groups in total. The van der Waals surface area contributed by atoms with E-state index < -0.39 is 14.5 Å². The topological polar surface area (TPSA) is 71.1 Å². The molecule has 2 aliphatic carbocycles. The van der Waals surface area contributed by atoms with E-state index in [9.17, 15) is 9.59 Å². The zero-order chi connectivity index (χ0) is 44.5. The van der Waals surface area contributed by atoms with E-state index in [2.05, 4.69) is 182 Å². The number of allylic oxidation sites excluding steroid dienone is 4. The summed E-state index contributed by atoms with van der Waals surface area (Å²) < 4.78 is 22.2. The standard InChI is InChI=1S/2C28H30O3P.BrH/c2*1-30-28(29)22-31-26-20-12-5-13-21-27(26)32(23-14-6-2-7-15-23,24-16-8-3-9-17-24)25-18-10-4-11-19-25;/h2*2-4,6-11,14-19H,5,12-13,20-22H2,1H3;1H/q2*+1;. The van der Waals surface area contributed by atoms with Crippen LogP contribution in [0.2, 0.25) is 0 Å². The number of benzene rings is 6. The Hall–Kier alpha value is -5.32. The molecule has 65 heavy (non-hydrogen) atoms. The summed E-state index contributed by atoms with van der Waals surface area (Å²) in [4.78, 5) is 23.9. The van der Waals surface area contributed by atoms with Gasteiger partial charge in [-0.05, 0) is 98.5 Å². The molecule has 6 aromatic rings. The van der Waals surface area contributed by atoms with Crippen molar-refractivity contribution in [1.29, 1.82) is 0 Å². The molecule has 8 rings (SSSR count). The largest absolute Gasteiger partial charge is 0.482 e. The van der Waals surface area contributed by atoms with Gasteiger partial charge in [0.15, 0.2) is 13.2 Å². The molecule has 0 saturated carbocycles. The lowest BCUT2D eigenvalue weighted by Gasteiger charge is -2.30. The first-order chi connectivity index (χ1) is 31.5. The molecule has 0 bridgehead atoms. The van der Waals surface area contributed by atoms with Crippen LogP contribution in [0.5, 0.6) is 0 Å². The van der Waals surface area contributed by atoms with Gasteiger partial charge in [-0.2, -0.15) is 0 Å². The Morgan fingerprint density at radius 3 is 0.831 bits per heavy atom. The van der Waals surface area contributed by atoms with Gasteiger partial charge in [-0.3, -0.25) is 0 Å². The average Bonchev–Trinajstić information content (AvgIpc) is 3.76. The minimum atomic E-state index is -2.18. The van der Waals surface area contributed by atoms with Crippen molar-refractivity contribution < 1.29 is 28.5 Å². The summed E-state index contributed by atoms with van der Waals surface area (Å²) in [5.74, 6) is 1.25. The summed E-state index contributed by atoms with van der Waals surface area (Å²) in [7, 11) is -1.54. The maximum atomic E-state index is 11.9. The van der Waals surface area contributed by atoms with Crippen molar-refractivity contribution in [3.63, 3.8) is 0 Å². The Labute approximate surface area is 397 Å². The second kappa shape index (κ2) is 24.8. The van der Waals surface area contributed by atoms with Crippen LogP contribution in [0.25, 0.3) is 0 Å². The fourth-order valence-corrected chi connectivity index (χ4v) is 18.7. The van der Waals surface area contributed by atoms with Crippen molar-refractivity contribution in [2.24, 2.45) is 0 Å². The highest BCUT2D eigenvalue weighted by Gasteiger charge is 2.52. The van der Waals surface area contributed by atoms with Gasteiger partial charge in [-0.1, -0.05) is 122 Å². The van der Waals surface area contributed by atoms with Crippen LogP contribution in [0, 0.1) is 0 Å². The molecule has 0 fully saturated rings. The zero-order valence-electron chi connectivity index (χ0n) is 37.6. The maximum absolute atomic E-state index is 11.9. The predicted octanol–water partition coefficient (Wildman–Crippen LogP) is 11.3. The first kappa shape index (κ1) is 49.1. The number of ether oxygens (including phenoxy) is 4. The van der Waals surface area contributed by atoms with Crippen molar-refractivity contribution >= 4 is 75.3 Å². The lowest BCUT2D eigenvalue weighted by atomic mass is 10.2. The van der Waals surface area contributed by atoms with Gasteiger partial charge in [0, 0.05) is 25.7 Å². The van der Waals surface area contributed by atoms with Gasteiger partial charge >= 0.3 is 11.9 Å². The van der Waals surface area contributed by atoms with Gasteiger partial charge in [0.1, 0.15) is 68.5 Å². The first-order valence-corrected chi connectivity index (χ1v) is 26.1. The second-order valence-electron chi connectivity index (χ2n) is 15.9. The smallest absolute Gasteiger partial charge is 0.343 e. The summed E-state index contributed by atoms with van der Waals surface area (Å²) in [5.41, 5.74) is 0. The van der Waals surface area contributed by atoms with Gasteiger partial charge in [0.05, 0.1) is 14.2 Å². The highest BCUT2D eigenvalue weighted by atomic mass is 79.9. The molecule has 0 heterocycles. The molecule has 0 spiro atoms. The molecule has 0 unspecified atom stereocenters. The number of hydrogen-bond acceptors (Lipinski definition) is 6. The quantitative estimate of drug-likeness (QED) is 0.0800. The van der Waals surface area contributed by atoms with Gasteiger partial charge in [-0.15, -0.1) is 17.0 Å². The Morgan fingerprint density at radius 1 is 0.369 bits per heavy atom. The van der Waals surface area contributed by atoms with E-state index in [4.69, 9.17) is 18.9 Å². The minimum Gasteiger partial charge on any atom is -0.482 e. The van der Waals surface area contributed by atoms with Crippen molar-refractivity contribution in [3.05, 3.63) is 204 Å². The third-order valence-corrected chi connectivity index (χ3v) is 21.1. The molecule has 2 aliphatic rings. The SMILES string of the molecule is Br.COC(=O)COC1=C([P+](c2ccccc2)(c2ccccc2)c2ccccc2)CCCCC1.COC(=O)COC1=C([P+](c2ccccc2)(c2ccccc2)c2ccccc2)CCCCC1. The lowest BCUT2D eigenvalue weighted by Crippen LogP contribution is -2.33. The molecule has 6 aromatic carbocycles. The van der Waals surface area contributed by atoms with Crippen molar-refractivity contribution in [3.8, 4) is 0 Å². The first-order valence-electron chi connectivity index (χ1n) is 22.5. The van der Waals surface area contributed by atoms with Crippen LogP contribution in [0.3, 0.4) is 0 Å². The monoisotopic (exact) mass is 970 g/mol. The van der Waals surface area contributed by atoms with Gasteiger partial charge < -0.3 is 18.9 Å². The Morgan fingerprint density at radius 2 is 0.600 bits per heavy atom. The molecule has 9 heteroatoms. The number of rotatable bonds is 14. The fraction of sp³-hybridized carbons (Fsp3) is 0.250. The van der Waals surface area contributed by atoms with E-state index in [-0.39, 0.29) is 42.1 Å². The van der Waals surface area contributed by atoms with Gasteiger partial charge in [0.2, 0.25) is 0 Å². The van der Waals surface area contributed by atoms with Crippen molar-refractivity contribution in [2.75, 3.05) is 27.4 Å². The van der Waals surface area contributed by atoms with E-state index in [0.717, 1.165) is 75.7 Å². The van der Waals surface area contributed by atoms with Gasteiger partial charge in [-0.25, -0.2) is 9.59 Å². The second-order valence-corrected chi connectivity index (χ2v) is 22.8. The predicted molar refractivity (Wildman–Crippen MR) is 277 cm³/mol. The summed E-state index contributed by atoms with van der Waals surface area (Å²) in [6.45, 7) is -0.0958. The summed E-state index contributed by atoms with van der Waals surface area (Å²) in [6, 6.07) is 65.0. The van der Waals surface area contributed by atoms with E-state index in [1.54, 1.807) is 0 Å². The Bertz CT molecular complexity index is 2080. The number of halogens is 1. The lowest BCUT2D eigenvalue weighted by molar-refractivity contribution is -0.145. The molecule has 0 aromatic heterocycles. The summed E-state index contributed by atoms with van der Waals surface area (Å²) in [6.07, 6.45) is 10.3. The van der Waals surface area contributed by atoms with E-state index in [1.807, 2.05) is 0 Å². The van der Waals surface area contributed by atoms with Crippen molar-refractivity contribution in [2.45, 2.75) is 64.2 Å². The van der Waals surface area contributed by atoms with Crippen LogP contribution < -0.4 is 31.8 Å². The van der Waals surface area contributed by atoms with Crippen LogP contribution in [0.15, 0.2) is 204 Å². The molecular weight excluding hydrogens is 910 g/mol. The third-order valence-electron chi connectivity index (χ3n) is 12.1. The van der Waals surface area contributed by atoms with Crippen molar-refractivity contribution in [1.82, 2.24) is 0 Å².